The number of amides is 1. The predicted octanol–water partition coefficient (Wildman–Crippen LogP) is 1.78. The minimum atomic E-state index is -0.00649. The van der Waals surface area contributed by atoms with Gasteiger partial charge in [0.15, 0.2) is 0 Å². The van der Waals surface area contributed by atoms with Crippen molar-refractivity contribution < 1.29 is 9.32 Å². The van der Waals surface area contributed by atoms with E-state index in [0.29, 0.717) is 23.2 Å². The Morgan fingerprint density at radius 2 is 2.53 bits per heavy atom. The van der Waals surface area contributed by atoms with Gasteiger partial charge in [0, 0.05) is 7.05 Å². The number of rotatable bonds is 5. The first kappa shape index (κ1) is 12.1. The first-order valence-electron chi connectivity index (χ1n) is 4.94. The molecule has 0 saturated heterocycles. The first-order chi connectivity index (χ1) is 8.29. The lowest BCUT2D eigenvalue weighted by atomic mass is 10.4. The van der Waals surface area contributed by atoms with Crippen molar-refractivity contribution in [3.8, 4) is 10.7 Å². The quantitative estimate of drug-likeness (QED) is 0.896. The molecular formula is C10H11N3O2S2. The Hall–Kier alpha value is -1.34. The number of carbonyl (C=O) groups excluding carboxylic acids is 1. The van der Waals surface area contributed by atoms with Gasteiger partial charge in [-0.1, -0.05) is 11.2 Å². The lowest BCUT2D eigenvalue weighted by Gasteiger charge is -1.96. The highest BCUT2D eigenvalue weighted by molar-refractivity contribution is 7.99. The Morgan fingerprint density at radius 3 is 3.24 bits per heavy atom. The Bertz CT molecular complexity index is 481. The van der Waals surface area contributed by atoms with Crippen molar-refractivity contribution in [2.24, 2.45) is 0 Å². The molecule has 2 aromatic heterocycles. The Balaban J connectivity index is 1.89. The lowest BCUT2D eigenvalue weighted by molar-refractivity contribution is -0.118. The number of nitrogens with one attached hydrogen (secondary N) is 1. The van der Waals surface area contributed by atoms with Crippen LogP contribution in [0.1, 0.15) is 5.89 Å². The number of thiophene rings is 1. The smallest absolute Gasteiger partial charge is 0.236 e. The minimum absolute atomic E-state index is 0.00649. The van der Waals surface area contributed by atoms with Gasteiger partial charge in [0.1, 0.15) is 0 Å². The van der Waals surface area contributed by atoms with Crippen LogP contribution in [0.15, 0.2) is 22.0 Å². The fourth-order valence-corrected chi connectivity index (χ4v) is 2.50. The van der Waals surface area contributed by atoms with E-state index in [-0.39, 0.29) is 5.91 Å². The Kier molecular flexibility index (Phi) is 4.16. The molecule has 1 N–H and O–H groups in total. The van der Waals surface area contributed by atoms with Crippen LogP contribution in [0.4, 0.5) is 0 Å². The van der Waals surface area contributed by atoms with Gasteiger partial charge >= 0.3 is 0 Å². The topological polar surface area (TPSA) is 68.0 Å². The number of aromatic nitrogens is 2. The highest BCUT2D eigenvalue weighted by atomic mass is 32.2. The summed E-state index contributed by atoms with van der Waals surface area (Å²) >= 11 is 3.01. The van der Waals surface area contributed by atoms with E-state index >= 15 is 0 Å². The molecule has 1 amide bonds. The van der Waals surface area contributed by atoms with E-state index in [1.807, 2.05) is 17.5 Å². The zero-order valence-corrected chi connectivity index (χ0v) is 10.8. The third kappa shape index (κ3) is 3.31. The SMILES string of the molecule is CNC(=O)CSCc1nc(-c2cccs2)no1. The van der Waals surface area contributed by atoms with Crippen LogP contribution < -0.4 is 5.32 Å². The summed E-state index contributed by atoms with van der Waals surface area (Å²) in [4.78, 5) is 16.2. The lowest BCUT2D eigenvalue weighted by Crippen LogP contribution is -2.19. The van der Waals surface area contributed by atoms with Crippen LogP contribution in [0.3, 0.4) is 0 Å². The summed E-state index contributed by atoms with van der Waals surface area (Å²) < 4.78 is 5.10. The van der Waals surface area contributed by atoms with Gasteiger partial charge in [-0.3, -0.25) is 4.79 Å². The van der Waals surface area contributed by atoms with Crippen LogP contribution in [-0.2, 0) is 10.5 Å². The zero-order chi connectivity index (χ0) is 12.1. The van der Waals surface area contributed by atoms with E-state index in [4.69, 9.17) is 4.52 Å². The molecular weight excluding hydrogens is 258 g/mol. The third-order valence-electron chi connectivity index (χ3n) is 1.95. The van der Waals surface area contributed by atoms with E-state index in [1.165, 1.54) is 11.8 Å². The molecule has 2 heterocycles. The fourth-order valence-electron chi connectivity index (χ4n) is 1.12. The predicted molar refractivity (Wildman–Crippen MR) is 67.8 cm³/mol. The van der Waals surface area contributed by atoms with Crippen LogP contribution in [0, 0.1) is 0 Å². The summed E-state index contributed by atoms with van der Waals surface area (Å²) in [6.07, 6.45) is 0. The van der Waals surface area contributed by atoms with E-state index in [0.717, 1.165) is 4.88 Å². The molecule has 17 heavy (non-hydrogen) atoms. The van der Waals surface area contributed by atoms with E-state index in [1.54, 1.807) is 18.4 Å². The monoisotopic (exact) mass is 269 g/mol. The number of nitrogens with zero attached hydrogens (tertiary/aromatic N) is 2. The fraction of sp³-hybridized carbons (Fsp3) is 0.300. The van der Waals surface area contributed by atoms with Crippen molar-refractivity contribution in [1.29, 1.82) is 0 Å². The average molecular weight is 269 g/mol. The molecule has 0 atom stereocenters. The molecule has 0 bridgehead atoms. The van der Waals surface area contributed by atoms with E-state index in [2.05, 4.69) is 15.5 Å². The van der Waals surface area contributed by atoms with Crippen molar-refractivity contribution in [3.05, 3.63) is 23.4 Å². The highest BCUT2D eigenvalue weighted by Gasteiger charge is 2.09. The second kappa shape index (κ2) is 5.83. The average Bonchev–Trinajstić information content (AvgIpc) is 2.98. The van der Waals surface area contributed by atoms with Crippen molar-refractivity contribution in [3.63, 3.8) is 0 Å². The Morgan fingerprint density at radius 1 is 1.65 bits per heavy atom. The second-order valence-electron chi connectivity index (χ2n) is 3.15. The normalized spacial score (nSPS) is 10.4. The highest BCUT2D eigenvalue weighted by Crippen LogP contribution is 2.22. The van der Waals surface area contributed by atoms with Gasteiger partial charge in [0.25, 0.3) is 0 Å². The molecule has 0 aromatic carbocycles. The molecule has 0 aliphatic rings. The van der Waals surface area contributed by atoms with Gasteiger partial charge in [-0.15, -0.1) is 23.1 Å². The van der Waals surface area contributed by atoms with E-state index in [9.17, 15) is 4.79 Å². The van der Waals surface area contributed by atoms with Crippen LogP contribution in [-0.4, -0.2) is 28.8 Å². The number of hydrogen-bond donors (Lipinski definition) is 1. The summed E-state index contributed by atoms with van der Waals surface area (Å²) in [5.74, 6) is 2.09. The van der Waals surface area contributed by atoms with Crippen LogP contribution in [0.5, 0.6) is 0 Å². The van der Waals surface area contributed by atoms with Crippen LogP contribution in [0.25, 0.3) is 10.7 Å². The van der Waals surface area contributed by atoms with Gasteiger partial charge in [-0.2, -0.15) is 4.98 Å². The zero-order valence-electron chi connectivity index (χ0n) is 9.17. The summed E-state index contributed by atoms with van der Waals surface area (Å²) in [5, 5.41) is 8.41. The number of hydrogen-bond acceptors (Lipinski definition) is 6. The molecule has 0 aliphatic carbocycles. The van der Waals surface area contributed by atoms with Gasteiger partial charge in [0.2, 0.25) is 17.6 Å². The van der Waals surface area contributed by atoms with Gasteiger partial charge in [-0.25, -0.2) is 0 Å². The minimum Gasteiger partial charge on any atom is -0.358 e. The summed E-state index contributed by atoms with van der Waals surface area (Å²) in [5.41, 5.74) is 0. The maximum Gasteiger partial charge on any atom is 0.236 e. The van der Waals surface area contributed by atoms with Gasteiger partial charge in [-0.05, 0) is 11.4 Å². The van der Waals surface area contributed by atoms with Crippen LogP contribution >= 0.6 is 23.1 Å². The molecule has 0 radical (unpaired) electrons. The maximum absolute atomic E-state index is 11.0. The molecule has 0 saturated carbocycles. The largest absolute Gasteiger partial charge is 0.358 e. The number of thioether (sulfide) groups is 1. The summed E-state index contributed by atoms with van der Waals surface area (Å²) in [7, 11) is 1.62. The molecule has 2 rings (SSSR count). The number of carbonyl (C=O) groups is 1. The Labute approximate surface area is 107 Å². The van der Waals surface area contributed by atoms with Gasteiger partial charge < -0.3 is 9.84 Å². The molecule has 5 nitrogen and oxygen atoms in total. The molecule has 7 heteroatoms. The molecule has 90 valence electrons. The van der Waals surface area contributed by atoms with E-state index < -0.39 is 0 Å². The summed E-state index contributed by atoms with van der Waals surface area (Å²) in [6.45, 7) is 0. The molecule has 0 fully saturated rings. The van der Waals surface area contributed by atoms with Crippen LogP contribution in [0.2, 0.25) is 0 Å². The second-order valence-corrected chi connectivity index (χ2v) is 5.09. The molecule has 0 unspecified atom stereocenters. The maximum atomic E-state index is 11.0. The van der Waals surface area contributed by atoms with Crippen molar-refractivity contribution in [2.45, 2.75) is 5.75 Å². The molecule has 0 aliphatic heterocycles. The van der Waals surface area contributed by atoms with Crippen molar-refractivity contribution >= 4 is 29.0 Å². The van der Waals surface area contributed by atoms with Crippen molar-refractivity contribution in [2.75, 3.05) is 12.8 Å². The first-order valence-corrected chi connectivity index (χ1v) is 6.98. The molecule has 2 aromatic rings. The summed E-state index contributed by atoms with van der Waals surface area (Å²) in [6, 6.07) is 3.88. The van der Waals surface area contributed by atoms with Gasteiger partial charge in [0.05, 0.1) is 16.4 Å². The standard InChI is InChI=1S/C10H11N3O2S2/c1-11-8(14)5-16-6-9-12-10(13-15-9)7-3-2-4-17-7/h2-4H,5-6H2,1H3,(H,11,14). The van der Waals surface area contributed by atoms with Crippen molar-refractivity contribution in [1.82, 2.24) is 15.5 Å². The molecule has 0 spiro atoms. The third-order valence-corrected chi connectivity index (χ3v) is 3.73.